The van der Waals surface area contributed by atoms with Gasteiger partial charge in [-0.1, -0.05) is 41.4 Å². The number of rotatable bonds is 7. The molecule has 0 radical (unpaired) electrons. The minimum absolute atomic E-state index is 0.0699. The average molecular weight is 399 g/mol. The normalized spacial score (nSPS) is 10.4. The largest absolute Gasteiger partial charge is 0.484 e. The first-order valence-corrected chi connectivity index (χ1v) is 9.14. The van der Waals surface area contributed by atoms with E-state index >= 15 is 0 Å². The minimum Gasteiger partial charge on any atom is -0.484 e. The third kappa shape index (κ3) is 5.72. The fraction of sp³-hybridized carbons (Fsp3) is 0.136. The second kappa shape index (κ2) is 9.24. The molecule has 144 valence electrons. The molecule has 0 saturated heterocycles. The maximum absolute atomic E-state index is 13.2. The summed E-state index contributed by atoms with van der Waals surface area (Å²) in [4.78, 5) is 12.0. The van der Waals surface area contributed by atoms with E-state index in [1.54, 1.807) is 24.3 Å². The lowest BCUT2D eigenvalue weighted by molar-refractivity contribution is -0.118. The Bertz CT molecular complexity index is 944. The minimum atomic E-state index is -0.444. The van der Waals surface area contributed by atoms with Gasteiger partial charge in [-0.3, -0.25) is 4.79 Å². The monoisotopic (exact) mass is 398 g/mol. The summed E-state index contributed by atoms with van der Waals surface area (Å²) in [7, 11) is 0. The number of halogens is 2. The molecule has 0 heterocycles. The standard InChI is InChI=1S/C22H20ClFN2O2/c1-15-2-6-17(7-3-15)26-22(27)14-28-19-9-4-16(5-10-19)13-25-18-8-11-21(24)20(23)12-18/h2-12,25H,13-14H2,1H3,(H,26,27). The highest BCUT2D eigenvalue weighted by Gasteiger charge is 2.05. The molecule has 4 nitrogen and oxygen atoms in total. The first-order chi connectivity index (χ1) is 13.5. The molecule has 0 fully saturated rings. The lowest BCUT2D eigenvalue weighted by Crippen LogP contribution is -2.20. The third-order valence-corrected chi connectivity index (χ3v) is 4.33. The molecular formula is C22H20ClFN2O2. The van der Waals surface area contributed by atoms with Gasteiger partial charge in [-0.25, -0.2) is 4.39 Å². The van der Waals surface area contributed by atoms with Crippen molar-refractivity contribution in [2.24, 2.45) is 0 Å². The third-order valence-electron chi connectivity index (χ3n) is 4.04. The van der Waals surface area contributed by atoms with Crippen molar-refractivity contribution in [1.29, 1.82) is 0 Å². The Hall–Kier alpha value is -3.05. The molecule has 3 rings (SSSR count). The van der Waals surface area contributed by atoms with Crippen LogP contribution >= 0.6 is 11.6 Å². The van der Waals surface area contributed by atoms with Crippen LogP contribution in [0.25, 0.3) is 0 Å². The number of carbonyl (C=O) groups is 1. The molecule has 28 heavy (non-hydrogen) atoms. The van der Waals surface area contributed by atoms with Crippen molar-refractivity contribution < 1.29 is 13.9 Å². The highest BCUT2D eigenvalue weighted by molar-refractivity contribution is 6.31. The Balaban J connectivity index is 1.46. The first kappa shape index (κ1) is 19.7. The van der Waals surface area contributed by atoms with Gasteiger partial charge in [-0.2, -0.15) is 0 Å². The maximum Gasteiger partial charge on any atom is 0.262 e. The van der Waals surface area contributed by atoms with E-state index in [1.807, 2.05) is 43.3 Å². The van der Waals surface area contributed by atoms with Crippen LogP contribution in [0, 0.1) is 12.7 Å². The van der Waals surface area contributed by atoms with Crippen LogP contribution in [0.5, 0.6) is 5.75 Å². The summed E-state index contributed by atoms with van der Waals surface area (Å²) in [5.41, 5.74) is 3.62. The molecule has 0 spiro atoms. The van der Waals surface area contributed by atoms with Crippen molar-refractivity contribution in [2.75, 3.05) is 17.2 Å². The smallest absolute Gasteiger partial charge is 0.262 e. The van der Waals surface area contributed by atoms with Gasteiger partial charge in [0.05, 0.1) is 5.02 Å². The van der Waals surface area contributed by atoms with Gasteiger partial charge in [0, 0.05) is 17.9 Å². The van der Waals surface area contributed by atoms with Crippen LogP contribution in [0.1, 0.15) is 11.1 Å². The lowest BCUT2D eigenvalue weighted by atomic mass is 10.2. The molecule has 0 bridgehead atoms. The predicted octanol–water partition coefficient (Wildman–Crippen LogP) is 5.42. The molecule has 0 aromatic heterocycles. The fourth-order valence-corrected chi connectivity index (χ4v) is 2.68. The van der Waals surface area contributed by atoms with Gasteiger partial charge in [0.25, 0.3) is 5.91 Å². The van der Waals surface area contributed by atoms with E-state index in [0.29, 0.717) is 12.3 Å². The molecule has 3 aromatic rings. The topological polar surface area (TPSA) is 50.4 Å². The van der Waals surface area contributed by atoms with Crippen LogP contribution in [0.4, 0.5) is 15.8 Å². The average Bonchev–Trinajstić information content (AvgIpc) is 2.70. The highest BCUT2D eigenvalue weighted by atomic mass is 35.5. The number of ether oxygens (including phenoxy) is 1. The van der Waals surface area contributed by atoms with E-state index < -0.39 is 5.82 Å². The molecule has 0 atom stereocenters. The summed E-state index contributed by atoms with van der Waals surface area (Å²) >= 11 is 5.77. The Morgan fingerprint density at radius 1 is 1.00 bits per heavy atom. The van der Waals surface area contributed by atoms with E-state index in [2.05, 4.69) is 10.6 Å². The van der Waals surface area contributed by atoms with Gasteiger partial charge in [0.1, 0.15) is 11.6 Å². The van der Waals surface area contributed by atoms with E-state index in [4.69, 9.17) is 16.3 Å². The van der Waals surface area contributed by atoms with Crippen LogP contribution in [0.15, 0.2) is 66.7 Å². The molecule has 0 aliphatic heterocycles. The molecule has 3 aromatic carbocycles. The summed E-state index contributed by atoms with van der Waals surface area (Å²) in [5, 5.41) is 6.04. The molecule has 2 N–H and O–H groups in total. The molecule has 0 saturated carbocycles. The summed E-state index contributed by atoms with van der Waals surface area (Å²) in [5.74, 6) is -0.0597. The predicted molar refractivity (Wildman–Crippen MR) is 110 cm³/mol. The number of aryl methyl sites for hydroxylation is 1. The Labute approximate surface area is 168 Å². The molecule has 6 heteroatoms. The van der Waals surface area contributed by atoms with E-state index in [9.17, 15) is 9.18 Å². The number of carbonyl (C=O) groups excluding carboxylic acids is 1. The zero-order valence-corrected chi connectivity index (χ0v) is 16.1. The first-order valence-electron chi connectivity index (χ1n) is 8.77. The maximum atomic E-state index is 13.2. The van der Waals surface area contributed by atoms with Crippen LogP contribution in [0.2, 0.25) is 5.02 Å². The number of anilines is 2. The second-order valence-corrected chi connectivity index (χ2v) is 6.74. The van der Waals surface area contributed by atoms with E-state index in [-0.39, 0.29) is 17.5 Å². The van der Waals surface area contributed by atoms with Crippen molar-refractivity contribution in [1.82, 2.24) is 0 Å². The van der Waals surface area contributed by atoms with Gasteiger partial charge in [-0.15, -0.1) is 0 Å². The van der Waals surface area contributed by atoms with Crippen molar-refractivity contribution in [3.8, 4) is 5.75 Å². The summed E-state index contributed by atoms with van der Waals surface area (Å²) in [6, 6.07) is 19.5. The number of nitrogens with one attached hydrogen (secondary N) is 2. The zero-order chi connectivity index (χ0) is 19.9. The summed E-state index contributed by atoms with van der Waals surface area (Å²) in [6.45, 7) is 2.47. The van der Waals surface area contributed by atoms with Crippen LogP contribution in [-0.4, -0.2) is 12.5 Å². The van der Waals surface area contributed by atoms with Gasteiger partial charge < -0.3 is 15.4 Å². The van der Waals surface area contributed by atoms with Crippen LogP contribution in [0.3, 0.4) is 0 Å². The van der Waals surface area contributed by atoms with E-state index in [1.165, 1.54) is 6.07 Å². The number of hydrogen-bond acceptors (Lipinski definition) is 3. The molecule has 0 aliphatic rings. The van der Waals surface area contributed by atoms with Crippen molar-refractivity contribution in [2.45, 2.75) is 13.5 Å². The fourth-order valence-electron chi connectivity index (χ4n) is 2.50. The van der Waals surface area contributed by atoms with Gasteiger partial charge in [0.15, 0.2) is 6.61 Å². The SMILES string of the molecule is Cc1ccc(NC(=O)COc2ccc(CNc3ccc(F)c(Cl)c3)cc2)cc1. The number of benzene rings is 3. The van der Waals surface area contributed by atoms with E-state index in [0.717, 1.165) is 22.5 Å². The Morgan fingerprint density at radius 3 is 2.36 bits per heavy atom. The Morgan fingerprint density at radius 2 is 1.68 bits per heavy atom. The second-order valence-electron chi connectivity index (χ2n) is 6.33. The lowest BCUT2D eigenvalue weighted by Gasteiger charge is -2.10. The number of amides is 1. The highest BCUT2D eigenvalue weighted by Crippen LogP contribution is 2.20. The van der Waals surface area contributed by atoms with Gasteiger partial charge in [0.2, 0.25) is 0 Å². The van der Waals surface area contributed by atoms with Gasteiger partial charge in [-0.05, 0) is 55.0 Å². The number of hydrogen-bond donors (Lipinski definition) is 2. The van der Waals surface area contributed by atoms with Crippen molar-refractivity contribution in [3.05, 3.63) is 88.7 Å². The summed E-state index contributed by atoms with van der Waals surface area (Å²) < 4.78 is 18.7. The van der Waals surface area contributed by atoms with Crippen LogP contribution in [-0.2, 0) is 11.3 Å². The molecule has 0 unspecified atom stereocenters. The molecule has 0 aliphatic carbocycles. The van der Waals surface area contributed by atoms with Gasteiger partial charge >= 0.3 is 0 Å². The Kier molecular flexibility index (Phi) is 6.50. The molecule has 1 amide bonds. The molecular weight excluding hydrogens is 379 g/mol. The van der Waals surface area contributed by atoms with Crippen molar-refractivity contribution in [3.63, 3.8) is 0 Å². The van der Waals surface area contributed by atoms with Crippen molar-refractivity contribution >= 4 is 28.9 Å². The quantitative estimate of drug-likeness (QED) is 0.559. The zero-order valence-electron chi connectivity index (χ0n) is 15.3. The summed E-state index contributed by atoms with van der Waals surface area (Å²) in [6.07, 6.45) is 0. The van der Waals surface area contributed by atoms with Crippen LogP contribution < -0.4 is 15.4 Å².